The molecule has 0 bridgehead atoms. The number of aryl methyl sites for hydroxylation is 1. The topological polar surface area (TPSA) is 35.2 Å². The van der Waals surface area contributed by atoms with Gasteiger partial charge in [0.15, 0.2) is 0 Å². The lowest BCUT2D eigenvalue weighted by Crippen LogP contribution is -2.01. The first kappa shape index (κ1) is 7.57. The van der Waals surface area contributed by atoms with Crippen molar-refractivity contribution in [3.63, 3.8) is 0 Å². The summed E-state index contributed by atoms with van der Waals surface area (Å²) in [4.78, 5) is 4.53. The van der Waals surface area contributed by atoms with Gasteiger partial charge in [-0.1, -0.05) is 15.9 Å². The van der Waals surface area contributed by atoms with E-state index in [1.165, 1.54) is 0 Å². The van der Waals surface area contributed by atoms with Gasteiger partial charge >= 0.3 is 0 Å². The molecule has 2 nitrogen and oxygen atoms in total. The molecule has 0 unspecified atom stereocenters. The zero-order chi connectivity index (χ0) is 7.56. The number of halogens is 1. The molecule has 10 heavy (non-hydrogen) atoms. The lowest BCUT2D eigenvalue weighted by molar-refractivity contribution is 0.334. The van der Waals surface area contributed by atoms with Crippen LogP contribution in [0.5, 0.6) is 5.75 Å². The molecule has 0 amide bonds. The maximum absolute atomic E-state index is 4.95. The predicted octanol–water partition coefficient (Wildman–Crippen LogP) is 2.01. The van der Waals surface area contributed by atoms with Crippen LogP contribution in [0.4, 0.5) is 0 Å². The van der Waals surface area contributed by atoms with E-state index in [9.17, 15) is 0 Å². The lowest BCUT2D eigenvalue weighted by Gasteiger charge is -2.00. The van der Waals surface area contributed by atoms with Gasteiger partial charge in [0.05, 0.1) is 0 Å². The molecule has 0 saturated carbocycles. The molecule has 1 rings (SSSR count). The molecule has 0 spiro atoms. The summed E-state index contributed by atoms with van der Waals surface area (Å²) in [6.07, 6.45) is 0. The van der Waals surface area contributed by atoms with Gasteiger partial charge < -0.3 is 4.84 Å². The first-order chi connectivity index (χ1) is 4.74. The van der Waals surface area contributed by atoms with Crippen molar-refractivity contribution in [3.05, 3.63) is 28.2 Å². The molecular weight excluding hydrogens is 194 g/mol. The van der Waals surface area contributed by atoms with Crippen LogP contribution in [0.3, 0.4) is 0 Å². The Morgan fingerprint density at radius 2 is 2.20 bits per heavy atom. The fraction of sp³-hybridized carbons (Fsp3) is 0.143. The lowest BCUT2D eigenvalue weighted by atomic mass is 10.2. The van der Waals surface area contributed by atoms with Crippen LogP contribution in [0, 0.1) is 6.92 Å². The van der Waals surface area contributed by atoms with E-state index < -0.39 is 0 Å². The average molecular weight is 202 g/mol. The molecule has 2 N–H and O–H groups in total. The van der Waals surface area contributed by atoms with Crippen LogP contribution < -0.4 is 10.7 Å². The van der Waals surface area contributed by atoms with Crippen LogP contribution in [-0.4, -0.2) is 0 Å². The minimum Gasteiger partial charge on any atom is -0.412 e. The fourth-order valence-corrected chi connectivity index (χ4v) is 0.937. The second kappa shape index (κ2) is 3.03. The summed E-state index contributed by atoms with van der Waals surface area (Å²) < 4.78 is 1.06. The van der Waals surface area contributed by atoms with Gasteiger partial charge in [0.25, 0.3) is 0 Å². The van der Waals surface area contributed by atoms with E-state index in [-0.39, 0.29) is 0 Å². The van der Waals surface area contributed by atoms with Gasteiger partial charge in [0, 0.05) is 4.47 Å². The zero-order valence-corrected chi connectivity index (χ0v) is 7.18. The van der Waals surface area contributed by atoms with E-state index in [2.05, 4.69) is 20.8 Å². The molecule has 0 aliphatic rings. The molecule has 0 fully saturated rings. The van der Waals surface area contributed by atoms with Gasteiger partial charge in [-0.25, -0.2) is 0 Å². The summed E-state index contributed by atoms with van der Waals surface area (Å²) in [6, 6.07) is 5.57. The highest BCUT2D eigenvalue weighted by Gasteiger charge is 1.95. The second-order valence-corrected chi connectivity index (χ2v) is 2.88. The van der Waals surface area contributed by atoms with E-state index in [4.69, 9.17) is 5.90 Å². The summed E-state index contributed by atoms with van der Waals surface area (Å²) in [6.45, 7) is 1.98. The molecule has 0 atom stereocenters. The number of hydrogen-bond acceptors (Lipinski definition) is 2. The van der Waals surface area contributed by atoms with Gasteiger partial charge in [-0.3, -0.25) is 0 Å². The van der Waals surface area contributed by atoms with Crippen molar-refractivity contribution in [2.24, 2.45) is 5.90 Å². The molecule has 54 valence electrons. The third-order valence-electron chi connectivity index (χ3n) is 1.27. The highest BCUT2D eigenvalue weighted by molar-refractivity contribution is 9.10. The van der Waals surface area contributed by atoms with E-state index in [0.717, 1.165) is 10.0 Å². The van der Waals surface area contributed by atoms with E-state index in [1.54, 1.807) is 6.07 Å². The Labute approximate surface area is 68.1 Å². The molecule has 1 aromatic rings. The Balaban J connectivity index is 3.04. The quantitative estimate of drug-likeness (QED) is 0.707. The SMILES string of the molecule is Cc1cc(ON)ccc1Br. The van der Waals surface area contributed by atoms with Crippen molar-refractivity contribution < 1.29 is 4.84 Å². The molecule has 0 saturated heterocycles. The van der Waals surface area contributed by atoms with Gasteiger partial charge in [-0.2, -0.15) is 5.90 Å². The average Bonchev–Trinajstić information content (AvgIpc) is 1.95. The van der Waals surface area contributed by atoms with Crippen molar-refractivity contribution >= 4 is 15.9 Å². The van der Waals surface area contributed by atoms with E-state index in [1.807, 2.05) is 19.1 Å². The van der Waals surface area contributed by atoms with Crippen molar-refractivity contribution in [2.45, 2.75) is 6.92 Å². The molecule has 0 radical (unpaired) electrons. The molecule has 0 aromatic heterocycles. The standard InChI is InChI=1S/C7H8BrNO/c1-5-4-6(10-9)2-3-7(5)8/h2-4H,9H2,1H3. The minimum absolute atomic E-state index is 0.681. The van der Waals surface area contributed by atoms with Crippen molar-refractivity contribution in [2.75, 3.05) is 0 Å². The molecule has 1 aromatic carbocycles. The Bertz CT molecular complexity index is 237. The molecule has 0 aliphatic carbocycles. The maximum Gasteiger partial charge on any atom is 0.147 e. The van der Waals surface area contributed by atoms with Crippen LogP contribution in [0.15, 0.2) is 22.7 Å². The van der Waals surface area contributed by atoms with Gasteiger partial charge in [-0.15, -0.1) is 0 Å². The van der Waals surface area contributed by atoms with E-state index >= 15 is 0 Å². The first-order valence-electron chi connectivity index (χ1n) is 2.87. The summed E-state index contributed by atoms with van der Waals surface area (Å²) in [7, 11) is 0. The summed E-state index contributed by atoms with van der Waals surface area (Å²) in [5, 5.41) is 0. The third-order valence-corrected chi connectivity index (χ3v) is 2.16. The van der Waals surface area contributed by atoms with Crippen LogP contribution >= 0.6 is 15.9 Å². The Hall–Kier alpha value is -0.540. The van der Waals surface area contributed by atoms with Crippen LogP contribution in [0.2, 0.25) is 0 Å². The summed E-state index contributed by atoms with van der Waals surface area (Å²) in [5.74, 6) is 5.63. The van der Waals surface area contributed by atoms with E-state index in [0.29, 0.717) is 5.75 Å². The summed E-state index contributed by atoms with van der Waals surface area (Å²) in [5.41, 5.74) is 1.11. The fourth-order valence-electron chi connectivity index (χ4n) is 0.690. The molecule has 0 aliphatic heterocycles. The molecule has 0 heterocycles. The smallest absolute Gasteiger partial charge is 0.147 e. The third kappa shape index (κ3) is 1.49. The Morgan fingerprint density at radius 1 is 1.50 bits per heavy atom. The van der Waals surface area contributed by atoms with Crippen molar-refractivity contribution in [1.82, 2.24) is 0 Å². The number of rotatable bonds is 1. The summed E-state index contributed by atoms with van der Waals surface area (Å²) >= 11 is 3.36. The second-order valence-electron chi connectivity index (χ2n) is 2.03. The van der Waals surface area contributed by atoms with Crippen molar-refractivity contribution in [1.29, 1.82) is 0 Å². The number of hydrogen-bond donors (Lipinski definition) is 1. The van der Waals surface area contributed by atoms with Gasteiger partial charge in [-0.05, 0) is 30.7 Å². The van der Waals surface area contributed by atoms with Gasteiger partial charge in [0.2, 0.25) is 0 Å². The highest BCUT2D eigenvalue weighted by Crippen LogP contribution is 2.20. The molecular formula is C7H8BrNO. The predicted molar refractivity (Wildman–Crippen MR) is 43.7 cm³/mol. The first-order valence-corrected chi connectivity index (χ1v) is 3.66. The maximum atomic E-state index is 4.95. The zero-order valence-electron chi connectivity index (χ0n) is 5.60. The monoisotopic (exact) mass is 201 g/mol. The van der Waals surface area contributed by atoms with Crippen LogP contribution in [-0.2, 0) is 0 Å². The molecule has 3 heteroatoms. The largest absolute Gasteiger partial charge is 0.412 e. The van der Waals surface area contributed by atoms with Gasteiger partial charge in [0.1, 0.15) is 5.75 Å². The normalized spacial score (nSPS) is 9.50. The Morgan fingerprint density at radius 3 is 2.70 bits per heavy atom. The Kier molecular flexibility index (Phi) is 2.29. The van der Waals surface area contributed by atoms with Crippen molar-refractivity contribution in [3.8, 4) is 5.75 Å². The van der Waals surface area contributed by atoms with Crippen LogP contribution in [0.25, 0.3) is 0 Å². The highest BCUT2D eigenvalue weighted by atomic mass is 79.9. The van der Waals surface area contributed by atoms with Crippen LogP contribution in [0.1, 0.15) is 5.56 Å². The number of nitrogens with two attached hydrogens (primary N) is 1. The minimum atomic E-state index is 0.681. The number of benzene rings is 1.